The minimum absolute atomic E-state index is 0.0306. The number of rotatable bonds is 3. The summed E-state index contributed by atoms with van der Waals surface area (Å²) in [6, 6.07) is 14.5. The van der Waals surface area contributed by atoms with E-state index in [4.69, 9.17) is 5.73 Å². The second kappa shape index (κ2) is 6.84. The average Bonchev–Trinajstić information content (AvgIpc) is 3.01. The third kappa shape index (κ3) is 3.46. The number of benzene rings is 2. The van der Waals surface area contributed by atoms with Crippen molar-refractivity contribution in [1.29, 1.82) is 0 Å². The minimum Gasteiger partial charge on any atom is -0.337 e. The summed E-state index contributed by atoms with van der Waals surface area (Å²) in [7, 11) is 0. The molecule has 24 heavy (non-hydrogen) atoms. The van der Waals surface area contributed by atoms with Crippen molar-refractivity contribution in [2.75, 3.05) is 18.4 Å². The van der Waals surface area contributed by atoms with Gasteiger partial charge in [0.15, 0.2) is 0 Å². The van der Waals surface area contributed by atoms with Crippen LogP contribution in [0.15, 0.2) is 48.5 Å². The zero-order valence-corrected chi connectivity index (χ0v) is 13.7. The van der Waals surface area contributed by atoms with Crippen molar-refractivity contribution in [2.45, 2.75) is 19.4 Å². The molecular weight excluding hydrogens is 302 g/mol. The van der Waals surface area contributed by atoms with Crippen molar-refractivity contribution in [2.24, 2.45) is 5.73 Å². The lowest BCUT2D eigenvalue weighted by Gasteiger charge is -2.18. The van der Waals surface area contributed by atoms with E-state index in [-0.39, 0.29) is 17.9 Å². The van der Waals surface area contributed by atoms with E-state index >= 15 is 0 Å². The topological polar surface area (TPSA) is 75.4 Å². The number of aryl methyl sites for hydroxylation is 1. The number of nitrogens with zero attached hydrogens (tertiary/aromatic N) is 1. The van der Waals surface area contributed by atoms with Crippen LogP contribution in [0.4, 0.5) is 5.69 Å². The molecule has 3 rings (SSSR count). The van der Waals surface area contributed by atoms with Crippen LogP contribution in [-0.4, -0.2) is 35.8 Å². The van der Waals surface area contributed by atoms with E-state index in [1.165, 1.54) is 0 Å². The number of nitrogens with two attached hydrogens (primary N) is 1. The molecule has 2 aromatic carbocycles. The van der Waals surface area contributed by atoms with Gasteiger partial charge in [-0.3, -0.25) is 9.59 Å². The van der Waals surface area contributed by atoms with Gasteiger partial charge in [-0.05, 0) is 37.6 Å². The molecule has 0 spiro atoms. The van der Waals surface area contributed by atoms with Gasteiger partial charge in [-0.2, -0.15) is 0 Å². The summed E-state index contributed by atoms with van der Waals surface area (Å²) in [5, 5.41) is 2.85. The summed E-state index contributed by atoms with van der Waals surface area (Å²) in [5.41, 5.74) is 8.48. The third-order valence-electron chi connectivity index (χ3n) is 4.20. The van der Waals surface area contributed by atoms with Crippen molar-refractivity contribution >= 4 is 17.5 Å². The van der Waals surface area contributed by atoms with E-state index < -0.39 is 0 Å². The van der Waals surface area contributed by atoms with Crippen LogP contribution in [-0.2, 0) is 0 Å². The van der Waals surface area contributed by atoms with Gasteiger partial charge in [-0.15, -0.1) is 0 Å². The number of hydrogen-bond acceptors (Lipinski definition) is 3. The van der Waals surface area contributed by atoms with Gasteiger partial charge < -0.3 is 16.0 Å². The van der Waals surface area contributed by atoms with Crippen LogP contribution in [0.2, 0.25) is 0 Å². The summed E-state index contributed by atoms with van der Waals surface area (Å²) >= 11 is 0. The largest absolute Gasteiger partial charge is 0.337 e. The highest BCUT2D eigenvalue weighted by molar-refractivity contribution is 6.09. The Bertz CT molecular complexity index is 773. The van der Waals surface area contributed by atoms with Gasteiger partial charge in [-0.25, -0.2) is 0 Å². The van der Waals surface area contributed by atoms with Gasteiger partial charge >= 0.3 is 0 Å². The molecule has 124 valence electrons. The number of carbonyl (C=O) groups is 2. The summed E-state index contributed by atoms with van der Waals surface area (Å²) in [6.07, 6.45) is 0.809. The minimum atomic E-state index is -0.225. The van der Waals surface area contributed by atoms with E-state index in [0.29, 0.717) is 29.9 Å². The molecular formula is C19H21N3O2. The molecule has 1 saturated heterocycles. The summed E-state index contributed by atoms with van der Waals surface area (Å²) in [6.45, 7) is 3.14. The summed E-state index contributed by atoms with van der Waals surface area (Å²) in [5.74, 6) is -0.319. The lowest BCUT2D eigenvalue weighted by atomic mass is 10.1. The second-order valence-corrected chi connectivity index (χ2v) is 6.17. The highest BCUT2D eigenvalue weighted by Crippen LogP contribution is 2.21. The van der Waals surface area contributed by atoms with Crippen molar-refractivity contribution in [3.63, 3.8) is 0 Å². The highest BCUT2D eigenvalue weighted by atomic mass is 16.2. The molecule has 0 bridgehead atoms. The molecule has 0 saturated carbocycles. The third-order valence-corrected chi connectivity index (χ3v) is 4.20. The Morgan fingerprint density at radius 3 is 2.67 bits per heavy atom. The van der Waals surface area contributed by atoms with E-state index in [1.807, 2.05) is 25.1 Å². The van der Waals surface area contributed by atoms with Gasteiger partial charge in [0.25, 0.3) is 11.8 Å². The molecule has 3 N–H and O–H groups in total. The Hall–Kier alpha value is -2.66. The molecule has 1 fully saturated rings. The summed E-state index contributed by atoms with van der Waals surface area (Å²) < 4.78 is 0. The quantitative estimate of drug-likeness (QED) is 0.911. The molecule has 0 unspecified atom stereocenters. The van der Waals surface area contributed by atoms with Crippen LogP contribution in [0.5, 0.6) is 0 Å². The summed E-state index contributed by atoms with van der Waals surface area (Å²) in [4.78, 5) is 26.9. The van der Waals surface area contributed by atoms with Gasteiger partial charge in [0, 0.05) is 24.7 Å². The lowest BCUT2D eigenvalue weighted by molar-refractivity contribution is 0.0792. The molecule has 0 aliphatic carbocycles. The number of para-hydroxylation sites is 1. The molecule has 1 heterocycles. The predicted octanol–water partition coefficient (Wildman–Crippen LogP) is 2.42. The molecule has 2 aromatic rings. The highest BCUT2D eigenvalue weighted by Gasteiger charge is 2.26. The van der Waals surface area contributed by atoms with Crippen LogP contribution < -0.4 is 11.1 Å². The fourth-order valence-corrected chi connectivity index (χ4v) is 2.90. The number of amides is 2. The van der Waals surface area contributed by atoms with Crippen LogP contribution in [0.1, 0.15) is 32.7 Å². The van der Waals surface area contributed by atoms with Crippen LogP contribution in [0.25, 0.3) is 0 Å². The number of likely N-dealkylation sites (tertiary alicyclic amines) is 1. The van der Waals surface area contributed by atoms with Gasteiger partial charge in [0.05, 0.1) is 11.3 Å². The van der Waals surface area contributed by atoms with Crippen molar-refractivity contribution in [1.82, 2.24) is 4.90 Å². The Labute approximate surface area is 141 Å². The zero-order valence-electron chi connectivity index (χ0n) is 13.7. The van der Waals surface area contributed by atoms with Gasteiger partial charge in [-0.1, -0.05) is 29.8 Å². The Morgan fingerprint density at radius 1 is 1.17 bits per heavy atom. The fourth-order valence-electron chi connectivity index (χ4n) is 2.90. The smallest absolute Gasteiger partial charge is 0.256 e. The molecule has 2 amide bonds. The Kier molecular flexibility index (Phi) is 4.62. The SMILES string of the molecule is Cc1cccc(C(=O)Nc2ccccc2C(=O)N2CC[C@@H](N)C2)c1. The maximum atomic E-state index is 12.7. The first kappa shape index (κ1) is 16.2. The number of nitrogens with one attached hydrogen (secondary N) is 1. The van der Waals surface area contributed by atoms with Crippen LogP contribution in [0, 0.1) is 6.92 Å². The molecule has 1 aliphatic heterocycles. The first-order chi connectivity index (χ1) is 11.5. The molecule has 5 heteroatoms. The molecule has 0 radical (unpaired) electrons. The van der Waals surface area contributed by atoms with E-state index in [0.717, 1.165) is 12.0 Å². The fraction of sp³-hybridized carbons (Fsp3) is 0.263. The zero-order chi connectivity index (χ0) is 17.1. The Morgan fingerprint density at radius 2 is 1.96 bits per heavy atom. The lowest BCUT2D eigenvalue weighted by Crippen LogP contribution is -2.32. The second-order valence-electron chi connectivity index (χ2n) is 6.17. The maximum absolute atomic E-state index is 12.7. The van der Waals surface area contributed by atoms with E-state index in [9.17, 15) is 9.59 Å². The Balaban J connectivity index is 1.81. The molecule has 1 atom stereocenters. The normalized spacial score (nSPS) is 16.9. The van der Waals surface area contributed by atoms with E-state index in [1.54, 1.807) is 35.2 Å². The standard InChI is InChI=1S/C19H21N3O2/c1-13-5-4-6-14(11-13)18(23)21-17-8-3-2-7-16(17)19(24)22-10-9-15(20)12-22/h2-8,11,15H,9-10,12,20H2,1H3,(H,21,23)/t15-/m1/s1. The first-order valence-corrected chi connectivity index (χ1v) is 8.06. The molecule has 5 nitrogen and oxygen atoms in total. The monoisotopic (exact) mass is 323 g/mol. The van der Waals surface area contributed by atoms with Crippen molar-refractivity contribution in [3.05, 3.63) is 65.2 Å². The molecule has 1 aliphatic rings. The van der Waals surface area contributed by atoms with E-state index in [2.05, 4.69) is 5.32 Å². The van der Waals surface area contributed by atoms with Crippen molar-refractivity contribution < 1.29 is 9.59 Å². The number of anilines is 1. The molecule has 0 aromatic heterocycles. The first-order valence-electron chi connectivity index (χ1n) is 8.06. The maximum Gasteiger partial charge on any atom is 0.256 e. The number of hydrogen-bond donors (Lipinski definition) is 2. The predicted molar refractivity (Wildman–Crippen MR) is 94.1 cm³/mol. The van der Waals surface area contributed by atoms with Crippen LogP contribution >= 0.6 is 0 Å². The number of carbonyl (C=O) groups excluding carboxylic acids is 2. The van der Waals surface area contributed by atoms with Crippen molar-refractivity contribution in [3.8, 4) is 0 Å². The van der Waals surface area contributed by atoms with Crippen LogP contribution in [0.3, 0.4) is 0 Å². The van der Waals surface area contributed by atoms with Gasteiger partial charge in [0.2, 0.25) is 0 Å². The van der Waals surface area contributed by atoms with Gasteiger partial charge in [0.1, 0.15) is 0 Å². The average molecular weight is 323 g/mol.